The minimum Gasteiger partial charge on any atom is -0.396 e. The van der Waals surface area contributed by atoms with Gasteiger partial charge in [-0.3, -0.25) is 9.59 Å². The largest absolute Gasteiger partial charge is 0.396 e. The molecule has 0 radical (unpaired) electrons. The van der Waals surface area contributed by atoms with E-state index in [1.54, 1.807) is 0 Å². The minimum atomic E-state index is -0.186. The van der Waals surface area contributed by atoms with Crippen molar-refractivity contribution in [3.8, 4) is 0 Å². The van der Waals surface area contributed by atoms with Crippen molar-refractivity contribution in [3.63, 3.8) is 0 Å². The number of carbonyl (C=O) groups excluding carboxylic acids is 2. The van der Waals surface area contributed by atoms with Crippen molar-refractivity contribution >= 4 is 11.8 Å². The van der Waals surface area contributed by atoms with E-state index in [-0.39, 0.29) is 29.9 Å². The van der Waals surface area contributed by atoms with E-state index in [1.807, 2.05) is 13.8 Å². The highest BCUT2D eigenvalue weighted by atomic mass is 16.3. The van der Waals surface area contributed by atoms with Crippen molar-refractivity contribution in [2.24, 2.45) is 5.41 Å². The van der Waals surface area contributed by atoms with Gasteiger partial charge in [0.25, 0.3) is 0 Å². The van der Waals surface area contributed by atoms with E-state index in [4.69, 9.17) is 0 Å². The van der Waals surface area contributed by atoms with Gasteiger partial charge in [0, 0.05) is 30.8 Å². The topological polar surface area (TPSA) is 78.4 Å². The van der Waals surface area contributed by atoms with Gasteiger partial charge in [-0.05, 0) is 25.7 Å². The Bertz CT molecular complexity index is 333. The zero-order chi connectivity index (χ0) is 15.0. The lowest BCUT2D eigenvalue weighted by Gasteiger charge is -2.30. The number of carbonyl (C=O) groups is 2. The van der Waals surface area contributed by atoms with Crippen molar-refractivity contribution < 1.29 is 14.7 Å². The lowest BCUT2D eigenvalue weighted by Crippen LogP contribution is -2.44. The molecule has 2 unspecified atom stereocenters. The van der Waals surface area contributed by atoms with Crippen LogP contribution in [0.3, 0.4) is 0 Å². The molecule has 0 heterocycles. The Hall–Kier alpha value is -1.10. The van der Waals surface area contributed by atoms with Crippen LogP contribution >= 0.6 is 0 Å². The van der Waals surface area contributed by atoms with E-state index in [1.165, 1.54) is 0 Å². The monoisotopic (exact) mass is 284 g/mol. The first kappa shape index (κ1) is 17.0. The second-order valence-corrected chi connectivity index (χ2v) is 6.03. The maximum absolute atomic E-state index is 11.9. The molecule has 2 atom stereocenters. The number of hydrogen-bond acceptors (Lipinski definition) is 3. The van der Waals surface area contributed by atoms with Crippen LogP contribution in [0.2, 0.25) is 0 Å². The predicted octanol–water partition coefficient (Wildman–Crippen LogP) is 1.35. The summed E-state index contributed by atoms with van der Waals surface area (Å²) in [5, 5.41) is 15.2. The molecular formula is C15H28N2O3. The van der Waals surface area contributed by atoms with Gasteiger partial charge in [0.2, 0.25) is 11.8 Å². The first-order chi connectivity index (χ1) is 9.51. The second kappa shape index (κ2) is 8.25. The van der Waals surface area contributed by atoms with Gasteiger partial charge in [-0.2, -0.15) is 0 Å². The van der Waals surface area contributed by atoms with Gasteiger partial charge in [0.15, 0.2) is 0 Å². The van der Waals surface area contributed by atoms with E-state index in [0.717, 1.165) is 25.7 Å². The van der Waals surface area contributed by atoms with Gasteiger partial charge in [-0.15, -0.1) is 0 Å². The summed E-state index contributed by atoms with van der Waals surface area (Å²) in [5.41, 5.74) is -0.186. The molecule has 1 saturated carbocycles. The Kier molecular flexibility index (Phi) is 6.99. The smallest absolute Gasteiger partial charge is 0.220 e. The molecule has 0 aliphatic heterocycles. The summed E-state index contributed by atoms with van der Waals surface area (Å²) in [5.74, 6) is 0.000537. The van der Waals surface area contributed by atoms with Gasteiger partial charge in [0.05, 0.1) is 6.61 Å². The summed E-state index contributed by atoms with van der Waals surface area (Å²) in [6, 6.07) is 0.0638. The Balaban J connectivity index is 2.22. The van der Waals surface area contributed by atoms with Crippen LogP contribution in [0.25, 0.3) is 0 Å². The second-order valence-electron chi connectivity index (χ2n) is 6.03. The fourth-order valence-electron chi connectivity index (χ4n) is 2.70. The van der Waals surface area contributed by atoms with E-state index < -0.39 is 0 Å². The van der Waals surface area contributed by atoms with Crippen LogP contribution in [0.5, 0.6) is 0 Å². The third-order valence-electron chi connectivity index (χ3n) is 4.16. The van der Waals surface area contributed by atoms with Crippen molar-refractivity contribution in [3.05, 3.63) is 0 Å². The number of amides is 2. The molecule has 116 valence electrons. The van der Waals surface area contributed by atoms with Crippen molar-refractivity contribution in [2.75, 3.05) is 13.2 Å². The number of aliphatic hydroxyl groups excluding tert-OH is 1. The highest BCUT2D eigenvalue weighted by Gasteiger charge is 2.38. The van der Waals surface area contributed by atoms with Crippen molar-refractivity contribution in [1.29, 1.82) is 0 Å². The Morgan fingerprint density at radius 1 is 1.30 bits per heavy atom. The van der Waals surface area contributed by atoms with E-state index in [0.29, 0.717) is 25.8 Å². The standard InChI is InChI=1S/C15H28N2O3/c1-3-10-16-13(19)7-4-8-14(20)17-12-6-5-9-15(12,2)11-18/h12,18H,3-11H2,1-2H3,(H,16,19)(H,17,20). The summed E-state index contributed by atoms with van der Waals surface area (Å²) >= 11 is 0. The van der Waals surface area contributed by atoms with E-state index in [2.05, 4.69) is 10.6 Å². The summed E-state index contributed by atoms with van der Waals surface area (Å²) in [6.45, 7) is 4.83. The predicted molar refractivity (Wildman–Crippen MR) is 78.1 cm³/mol. The third kappa shape index (κ3) is 5.12. The molecule has 0 saturated heterocycles. The average molecular weight is 284 g/mol. The van der Waals surface area contributed by atoms with Gasteiger partial charge in [-0.1, -0.05) is 20.3 Å². The molecule has 1 aliphatic carbocycles. The quantitative estimate of drug-likeness (QED) is 0.629. The Morgan fingerprint density at radius 2 is 2.00 bits per heavy atom. The lowest BCUT2D eigenvalue weighted by atomic mass is 9.85. The zero-order valence-electron chi connectivity index (χ0n) is 12.7. The van der Waals surface area contributed by atoms with E-state index >= 15 is 0 Å². The molecule has 0 spiro atoms. The number of aliphatic hydroxyl groups is 1. The summed E-state index contributed by atoms with van der Waals surface area (Å²) in [6.07, 6.45) is 5.19. The average Bonchev–Trinajstić information content (AvgIpc) is 2.78. The first-order valence-corrected chi connectivity index (χ1v) is 7.68. The molecule has 1 fully saturated rings. The number of nitrogens with one attached hydrogen (secondary N) is 2. The highest BCUT2D eigenvalue weighted by molar-refractivity contribution is 5.79. The van der Waals surface area contributed by atoms with Crippen LogP contribution in [0.15, 0.2) is 0 Å². The zero-order valence-corrected chi connectivity index (χ0v) is 12.7. The highest BCUT2D eigenvalue weighted by Crippen LogP contribution is 2.37. The van der Waals surface area contributed by atoms with Crippen molar-refractivity contribution in [2.45, 2.75) is 64.8 Å². The normalized spacial score (nSPS) is 25.4. The van der Waals surface area contributed by atoms with Gasteiger partial charge in [0.1, 0.15) is 0 Å². The SMILES string of the molecule is CCCNC(=O)CCCC(=O)NC1CCCC1(C)CO. The number of hydrogen-bond donors (Lipinski definition) is 3. The number of rotatable bonds is 8. The van der Waals surface area contributed by atoms with Crippen molar-refractivity contribution in [1.82, 2.24) is 10.6 Å². The summed E-state index contributed by atoms with van der Waals surface area (Å²) < 4.78 is 0. The van der Waals surface area contributed by atoms with Crippen LogP contribution in [0, 0.1) is 5.41 Å². The van der Waals surface area contributed by atoms with Gasteiger partial charge < -0.3 is 15.7 Å². The molecular weight excluding hydrogens is 256 g/mol. The molecule has 3 N–H and O–H groups in total. The first-order valence-electron chi connectivity index (χ1n) is 7.68. The lowest BCUT2D eigenvalue weighted by molar-refractivity contribution is -0.123. The molecule has 0 aromatic carbocycles. The molecule has 5 heteroatoms. The van der Waals surface area contributed by atoms with Crippen LogP contribution in [0.1, 0.15) is 58.8 Å². The third-order valence-corrected chi connectivity index (χ3v) is 4.16. The van der Waals surface area contributed by atoms with Crippen LogP contribution < -0.4 is 10.6 Å². The Labute approximate surface area is 121 Å². The molecule has 1 aliphatic rings. The molecule has 0 aromatic rings. The maximum Gasteiger partial charge on any atom is 0.220 e. The van der Waals surface area contributed by atoms with Gasteiger partial charge in [-0.25, -0.2) is 0 Å². The molecule has 0 aromatic heterocycles. The molecule has 0 bridgehead atoms. The maximum atomic E-state index is 11.9. The van der Waals surface area contributed by atoms with Crippen LogP contribution in [-0.4, -0.2) is 36.1 Å². The van der Waals surface area contributed by atoms with E-state index in [9.17, 15) is 14.7 Å². The summed E-state index contributed by atoms with van der Waals surface area (Å²) in [7, 11) is 0. The minimum absolute atomic E-state index is 0.0140. The fourth-order valence-corrected chi connectivity index (χ4v) is 2.70. The fraction of sp³-hybridized carbons (Fsp3) is 0.867. The van der Waals surface area contributed by atoms with Crippen LogP contribution in [0.4, 0.5) is 0 Å². The molecule has 1 rings (SSSR count). The Morgan fingerprint density at radius 3 is 2.65 bits per heavy atom. The molecule has 2 amide bonds. The van der Waals surface area contributed by atoms with Crippen LogP contribution in [-0.2, 0) is 9.59 Å². The summed E-state index contributed by atoms with van der Waals surface area (Å²) in [4.78, 5) is 23.3. The van der Waals surface area contributed by atoms with Gasteiger partial charge >= 0.3 is 0 Å². The molecule has 5 nitrogen and oxygen atoms in total. The molecule has 20 heavy (non-hydrogen) atoms.